The quantitative estimate of drug-likeness (QED) is 0.115. The molecule has 0 aromatic carbocycles. The number of halogens is 1. The first-order chi connectivity index (χ1) is 15.9. The first kappa shape index (κ1) is 29.0. The number of rotatable bonds is 11. The zero-order valence-electron chi connectivity index (χ0n) is 18.2. The minimum absolute atomic E-state index is 0.0803. The van der Waals surface area contributed by atoms with Gasteiger partial charge in [0, 0.05) is 12.6 Å². The standard InChI is InChI=1S/C14H20ClN3O3.C6H8O7/c15-14(12-5-4-8-18(20)9-12)16-21-11-13(19)10-17-6-2-1-3-7-17;7-3(8)1-6(13,5(11)12)2-4(9)10/h4-5,8-9,13,19H,1-3,6-7,10-11H2;13H,1-2H2,(H,7,8)(H,9,10)(H,11,12)/b16-14-;/t13-;/m1./s1. The lowest BCUT2D eigenvalue weighted by Crippen LogP contribution is -2.42. The molecular formula is C20H28ClN3O10. The van der Waals surface area contributed by atoms with Crippen LogP contribution in [-0.2, 0) is 19.2 Å². The normalized spacial score (nSPS) is 15.6. The van der Waals surface area contributed by atoms with Crippen molar-refractivity contribution in [3.05, 3.63) is 35.3 Å². The molecular weight excluding hydrogens is 478 g/mol. The van der Waals surface area contributed by atoms with E-state index in [-0.39, 0.29) is 11.8 Å². The molecule has 2 heterocycles. The highest BCUT2D eigenvalue weighted by molar-refractivity contribution is 6.69. The smallest absolute Gasteiger partial charge is 0.336 e. The molecule has 1 aliphatic rings. The molecule has 2 rings (SSSR count). The van der Waals surface area contributed by atoms with Gasteiger partial charge in [-0.25, -0.2) is 4.79 Å². The van der Waals surface area contributed by atoms with Crippen molar-refractivity contribution < 1.29 is 49.5 Å². The number of β-amino-alcohol motifs (C(OH)–C–C–N with tert-alkyl or cyclic N) is 1. The summed E-state index contributed by atoms with van der Waals surface area (Å²) >= 11 is 5.93. The number of aliphatic hydroxyl groups excluding tert-OH is 1. The van der Waals surface area contributed by atoms with Crippen LogP contribution < -0.4 is 4.73 Å². The molecule has 1 aliphatic heterocycles. The monoisotopic (exact) mass is 505 g/mol. The minimum Gasteiger partial charge on any atom is -0.619 e. The zero-order chi connectivity index (χ0) is 25.7. The lowest BCUT2D eigenvalue weighted by Gasteiger charge is -2.27. The number of carboxylic acid groups (broad SMARTS) is 3. The average Bonchev–Trinajstić information content (AvgIpc) is 2.73. The predicted molar refractivity (Wildman–Crippen MR) is 117 cm³/mol. The molecule has 0 radical (unpaired) electrons. The highest BCUT2D eigenvalue weighted by atomic mass is 35.5. The summed E-state index contributed by atoms with van der Waals surface area (Å²) in [5, 5.41) is 58.6. The van der Waals surface area contributed by atoms with Gasteiger partial charge >= 0.3 is 17.9 Å². The number of carboxylic acids is 3. The third kappa shape index (κ3) is 11.2. The van der Waals surface area contributed by atoms with Gasteiger partial charge in [-0.3, -0.25) is 9.59 Å². The van der Waals surface area contributed by atoms with Gasteiger partial charge in [0.05, 0.1) is 18.4 Å². The highest BCUT2D eigenvalue weighted by Gasteiger charge is 2.40. The Balaban J connectivity index is 0.000000385. The number of aliphatic carboxylic acids is 3. The third-order valence-electron chi connectivity index (χ3n) is 4.63. The number of hydrogen-bond donors (Lipinski definition) is 5. The first-order valence-electron chi connectivity index (χ1n) is 10.3. The van der Waals surface area contributed by atoms with Gasteiger partial charge in [-0.15, -0.1) is 0 Å². The molecule has 14 heteroatoms. The Bertz CT molecular complexity index is 845. The van der Waals surface area contributed by atoms with Gasteiger partial charge in [0.15, 0.2) is 23.2 Å². The summed E-state index contributed by atoms with van der Waals surface area (Å²) in [6, 6.07) is 3.24. The van der Waals surface area contributed by atoms with Crippen LogP contribution in [0.5, 0.6) is 0 Å². The zero-order valence-corrected chi connectivity index (χ0v) is 19.0. The minimum atomic E-state index is -2.74. The number of aromatic nitrogens is 1. The van der Waals surface area contributed by atoms with Crippen LogP contribution in [0.25, 0.3) is 0 Å². The SMILES string of the molecule is O=C(O)CC(O)(CC(=O)O)C(=O)O.[O-][n+]1cccc(/C(Cl)=N/OC[C@H](O)CN2CCCCC2)c1. The van der Waals surface area contributed by atoms with E-state index in [0.29, 0.717) is 16.8 Å². The number of likely N-dealkylation sites (tertiary alicyclic amines) is 1. The van der Waals surface area contributed by atoms with Crippen molar-refractivity contribution in [1.29, 1.82) is 0 Å². The van der Waals surface area contributed by atoms with Crippen LogP contribution in [0.3, 0.4) is 0 Å². The second-order valence-electron chi connectivity index (χ2n) is 7.62. The van der Waals surface area contributed by atoms with E-state index in [9.17, 15) is 24.7 Å². The largest absolute Gasteiger partial charge is 0.619 e. The number of hydrogen-bond acceptors (Lipinski definition) is 9. The number of aliphatic hydroxyl groups is 2. The highest BCUT2D eigenvalue weighted by Crippen LogP contribution is 2.15. The fourth-order valence-corrected chi connectivity index (χ4v) is 3.18. The van der Waals surface area contributed by atoms with E-state index in [0.717, 1.165) is 13.1 Å². The Hall–Kier alpha value is -3.00. The summed E-state index contributed by atoms with van der Waals surface area (Å²) in [4.78, 5) is 37.8. The third-order valence-corrected chi connectivity index (χ3v) is 4.92. The fourth-order valence-electron chi connectivity index (χ4n) is 3.02. The van der Waals surface area contributed by atoms with E-state index in [1.165, 1.54) is 31.7 Å². The second-order valence-corrected chi connectivity index (χ2v) is 7.98. The van der Waals surface area contributed by atoms with Crippen molar-refractivity contribution in [2.75, 3.05) is 26.2 Å². The van der Waals surface area contributed by atoms with Gasteiger partial charge in [0.2, 0.25) is 0 Å². The van der Waals surface area contributed by atoms with Gasteiger partial charge in [-0.2, -0.15) is 4.73 Å². The summed E-state index contributed by atoms with van der Waals surface area (Å²) in [7, 11) is 0. The van der Waals surface area contributed by atoms with Gasteiger partial charge in [-0.1, -0.05) is 23.2 Å². The molecule has 1 aromatic rings. The summed E-state index contributed by atoms with van der Waals surface area (Å²) < 4.78 is 0.637. The Morgan fingerprint density at radius 2 is 1.76 bits per heavy atom. The summed E-state index contributed by atoms with van der Waals surface area (Å²) in [6.45, 7) is 2.71. The Morgan fingerprint density at radius 1 is 1.18 bits per heavy atom. The average molecular weight is 506 g/mol. The van der Waals surface area contributed by atoms with Crippen molar-refractivity contribution in [3.8, 4) is 0 Å². The molecule has 1 aromatic heterocycles. The van der Waals surface area contributed by atoms with Crippen molar-refractivity contribution in [1.82, 2.24) is 4.90 Å². The van der Waals surface area contributed by atoms with Crippen LogP contribution in [0.2, 0.25) is 0 Å². The summed E-state index contributed by atoms with van der Waals surface area (Å²) in [5.41, 5.74) is -2.27. The number of pyridine rings is 1. The van der Waals surface area contributed by atoms with Gasteiger partial charge in [-0.05, 0) is 32.0 Å². The molecule has 1 fully saturated rings. The predicted octanol–water partition coefficient (Wildman–Crippen LogP) is -0.165. The van der Waals surface area contributed by atoms with Crippen LogP contribution in [0.15, 0.2) is 29.7 Å². The van der Waals surface area contributed by atoms with Crippen molar-refractivity contribution >= 4 is 34.7 Å². The molecule has 0 spiro atoms. The molecule has 34 heavy (non-hydrogen) atoms. The Morgan fingerprint density at radius 3 is 2.26 bits per heavy atom. The van der Waals surface area contributed by atoms with Crippen LogP contribution in [-0.4, -0.2) is 91.5 Å². The number of piperidine rings is 1. The lowest BCUT2D eigenvalue weighted by atomic mass is 9.96. The number of carbonyl (C=O) groups is 3. The Kier molecular flexibility index (Phi) is 12.2. The lowest BCUT2D eigenvalue weighted by molar-refractivity contribution is -0.605. The molecule has 1 atom stereocenters. The van der Waals surface area contributed by atoms with Crippen molar-refractivity contribution in [3.63, 3.8) is 0 Å². The first-order valence-corrected chi connectivity index (χ1v) is 10.6. The molecule has 0 bridgehead atoms. The maximum absolute atomic E-state index is 11.1. The van der Waals surface area contributed by atoms with E-state index in [2.05, 4.69) is 10.1 Å². The van der Waals surface area contributed by atoms with E-state index >= 15 is 0 Å². The molecule has 190 valence electrons. The summed E-state index contributed by atoms with van der Waals surface area (Å²) in [6.07, 6.45) is 3.40. The molecule has 0 saturated carbocycles. The fraction of sp³-hybridized carbons (Fsp3) is 0.550. The van der Waals surface area contributed by atoms with Crippen LogP contribution in [0.1, 0.15) is 37.7 Å². The van der Waals surface area contributed by atoms with E-state index in [4.69, 9.17) is 36.9 Å². The van der Waals surface area contributed by atoms with Crippen molar-refractivity contribution in [2.24, 2.45) is 5.16 Å². The van der Waals surface area contributed by atoms with E-state index < -0.39 is 42.5 Å². The van der Waals surface area contributed by atoms with Gasteiger partial charge in [0.25, 0.3) is 0 Å². The van der Waals surface area contributed by atoms with Crippen LogP contribution in [0, 0.1) is 5.21 Å². The van der Waals surface area contributed by atoms with Crippen molar-refractivity contribution in [2.45, 2.75) is 43.8 Å². The topological polar surface area (TPSA) is 204 Å². The van der Waals surface area contributed by atoms with Gasteiger partial charge < -0.3 is 40.5 Å². The number of nitrogens with zero attached hydrogens (tertiary/aromatic N) is 3. The number of oxime groups is 1. The molecule has 0 unspecified atom stereocenters. The second kappa shape index (κ2) is 14.3. The summed E-state index contributed by atoms with van der Waals surface area (Å²) in [5.74, 6) is -5.02. The Labute approximate surface area is 200 Å². The van der Waals surface area contributed by atoms with Crippen LogP contribution in [0.4, 0.5) is 0 Å². The molecule has 0 amide bonds. The maximum Gasteiger partial charge on any atom is 0.336 e. The van der Waals surface area contributed by atoms with E-state index in [1.807, 2.05) is 0 Å². The van der Waals surface area contributed by atoms with Crippen LogP contribution >= 0.6 is 11.6 Å². The molecule has 0 aliphatic carbocycles. The van der Waals surface area contributed by atoms with E-state index in [1.54, 1.807) is 12.1 Å². The molecule has 1 saturated heterocycles. The molecule has 5 N–H and O–H groups in total. The maximum atomic E-state index is 11.1. The van der Waals surface area contributed by atoms with Gasteiger partial charge in [0.1, 0.15) is 12.7 Å². The molecule has 13 nitrogen and oxygen atoms in total.